The monoisotopic (exact) mass is 546 g/mol. The van der Waals surface area contributed by atoms with Crippen LogP contribution < -0.4 is 10.2 Å². The minimum atomic E-state index is -0.292. The molecule has 0 saturated carbocycles. The largest absolute Gasteiger partial charge is 0.355 e. The Labute approximate surface area is 238 Å². The third-order valence-electron chi connectivity index (χ3n) is 7.28. The van der Waals surface area contributed by atoms with Crippen LogP contribution in [0.25, 0.3) is 11.1 Å². The smallest absolute Gasteiger partial charge is 0.256 e. The van der Waals surface area contributed by atoms with Crippen LogP contribution in [0.4, 0.5) is 10.1 Å². The van der Waals surface area contributed by atoms with Crippen LogP contribution >= 0.6 is 0 Å². The summed E-state index contributed by atoms with van der Waals surface area (Å²) in [5.74, 6) is 0.0797. The van der Waals surface area contributed by atoms with Crippen molar-refractivity contribution >= 4 is 17.5 Å². The van der Waals surface area contributed by atoms with E-state index < -0.39 is 0 Å². The molecule has 40 heavy (non-hydrogen) atoms. The van der Waals surface area contributed by atoms with Gasteiger partial charge in [0.15, 0.2) is 0 Å². The maximum Gasteiger partial charge on any atom is 0.256 e. The molecule has 7 heteroatoms. The summed E-state index contributed by atoms with van der Waals surface area (Å²) in [5.41, 5.74) is 5.97. The fourth-order valence-corrected chi connectivity index (χ4v) is 4.92. The van der Waals surface area contributed by atoms with E-state index in [9.17, 15) is 14.0 Å². The molecular formula is C33H43FN4O2. The number of carbonyl (C=O) groups excluding carboxylic acids is 2. The van der Waals surface area contributed by atoms with Gasteiger partial charge >= 0.3 is 0 Å². The first kappa shape index (κ1) is 30.8. The van der Waals surface area contributed by atoms with E-state index in [2.05, 4.69) is 31.3 Å². The molecule has 214 valence electrons. The number of fused-ring (bicyclic) bond motifs is 1. The van der Waals surface area contributed by atoms with Crippen molar-refractivity contribution in [2.24, 2.45) is 5.92 Å². The van der Waals surface area contributed by atoms with Gasteiger partial charge in [0.25, 0.3) is 5.91 Å². The van der Waals surface area contributed by atoms with Gasteiger partial charge in [-0.15, -0.1) is 0 Å². The van der Waals surface area contributed by atoms with Gasteiger partial charge in [0.05, 0.1) is 13.1 Å². The fourth-order valence-electron chi connectivity index (χ4n) is 4.92. The molecule has 0 aromatic heterocycles. The molecule has 4 rings (SSSR count). The van der Waals surface area contributed by atoms with Gasteiger partial charge in [0.2, 0.25) is 5.91 Å². The number of benzene rings is 3. The average molecular weight is 547 g/mol. The fraction of sp³-hybridized carbons (Fsp3) is 0.394. The van der Waals surface area contributed by atoms with Crippen molar-refractivity contribution in [3.63, 3.8) is 0 Å². The Bertz CT molecular complexity index is 1270. The van der Waals surface area contributed by atoms with Crippen molar-refractivity contribution in [1.29, 1.82) is 0 Å². The molecular weight excluding hydrogens is 503 g/mol. The Kier molecular flexibility index (Phi) is 10.8. The van der Waals surface area contributed by atoms with E-state index in [1.807, 2.05) is 47.2 Å². The summed E-state index contributed by atoms with van der Waals surface area (Å²) in [5, 5.41) is 6.72. The van der Waals surface area contributed by atoms with Gasteiger partial charge in [-0.1, -0.05) is 69.8 Å². The molecule has 6 nitrogen and oxygen atoms in total. The summed E-state index contributed by atoms with van der Waals surface area (Å²) in [6, 6.07) is 20.5. The molecule has 2 amide bonds. The molecule has 0 aliphatic carbocycles. The number of nitrogens with zero attached hydrogens (tertiary/aromatic N) is 3. The minimum absolute atomic E-state index is 0. The Hall–Kier alpha value is -3.71. The maximum atomic E-state index is 13.6. The van der Waals surface area contributed by atoms with Gasteiger partial charge in [0.1, 0.15) is 5.82 Å². The molecule has 0 unspecified atom stereocenters. The van der Waals surface area contributed by atoms with Crippen molar-refractivity contribution < 1.29 is 14.0 Å². The first-order valence-electron chi connectivity index (χ1n) is 13.7. The molecule has 1 aliphatic rings. The molecule has 0 fully saturated rings. The molecule has 1 N–H and O–H groups in total. The van der Waals surface area contributed by atoms with E-state index in [1.165, 1.54) is 23.3 Å². The van der Waals surface area contributed by atoms with E-state index in [4.69, 9.17) is 0 Å². The van der Waals surface area contributed by atoms with Crippen LogP contribution in [0, 0.1) is 18.7 Å². The third kappa shape index (κ3) is 7.92. The maximum absolute atomic E-state index is 13.6. The number of hydrazine groups is 1. The van der Waals surface area contributed by atoms with E-state index in [0.29, 0.717) is 25.6 Å². The summed E-state index contributed by atoms with van der Waals surface area (Å²) in [6.07, 6.45) is 1.96. The molecule has 3 aromatic carbocycles. The minimum Gasteiger partial charge on any atom is -0.355 e. The molecule has 1 heterocycles. The lowest BCUT2D eigenvalue weighted by Gasteiger charge is -2.32. The number of anilines is 1. The predicted octanol–water partition coefficient (Wildman–Crippen LogP) is 6.19. The normalized spacial score (nSPS) is 12.6. The zero-order chi connectivity index (χ0) is 27.9. The number of aryl methyl sites for hydroxylation is 1. The summed E-state index contributed by atoms with van der Waals surface area (Å²) >= 11 is 0. The van der Waals surface area contributed by atoms with Gasteiger partial charge in [-0.05, 0) is 71.7 Å². The van der Waals surface area contributed by atoms with Crippen molar-refractivity contribution in [2.75, 3.05) is 31.6 Å². The number of hydrogen-bond acceptors (Lipinski definition) is 4. The van der Waals surface area contributed by atoms with E-state index in [0.717, 1.165) is 35.2 Å². The molecule has 1 aliphatic heterocycles. The van der Waals surface area contributed by atoms with Crippen molar-refractivity contribution in [3.8, 4) is 11.1 Å². The number of nitrogens with one attached hydrogen (secondary N) is 1. The summed E-state index contributed by atoms with van der Waals surface area (Å²) < 4.78 is 13.5. The molecule has 0 bridgehead atoms. The van der Waals surface area contributed by atoms with Crippen LogP contribution in [0.15, 0.2) is 66.7 Å². The van der Waals surface area contributed by atoms with Crippen LogP contribution in [0.3, 0.4) is 0 Å². The highest BCUT2D eigenvalue weighted by Crippen LogP contribution is 2.29. The zero-order valence-corrected chi connectivity index (χ0v) is 23.4. The molecule has 0 atom stereocenters. The van der Waals surface area contributed by atoms with Gasteiger partial charge in [-0.25, -0.2) is 9.40 Å². The summed E-state index contributed by atoms with van der Waals surface area (Å²) in [6.45, 7) is 8.39. The van der Waals surface area contributed by atoms with Gasteiger partial charge in [-0.3, -0.25) is 14.6 Å². The van der Waals surface area contributed by atoms with Gasteiger partial charge in [0, 0.05) is 32.4 Å². The highest BCUT2D eigenvalue weighted by atomic mass is 19.1. The molecule has 3 aromatic rings. The SMILES string of the molecule is C.Cc1ccc(-c2ccc(F)cc2)cc1N(CC(=O)NCCCC(C)C)CC(=O)N(C)N1Cc2ccccc2C1. The third-order valence-corrected chi connectivity index (χ3v) is 7.28. The van der Waals surface area contributed by atoms with Crippen molar-refractivity contribution in [2.45, 2.75) is 54.1 Å². The number of rotatable bonds is 11. The second-order valence-electron chi connectivity index (χ2n) is 10.8. The second-order valence-corrected chi connectivity index (χ2v) is 10.8. The summed E-state index contributed by atoms with van der Waals surface area (Å²) in [7, 11) is 1.79. The van der Waals surface area contributed by atoms with Crippen molar-refractivity contribution in [1.82, 2.24) is 15.3 Å². The zero-order valence-electron chi connectivity index (χ0n) is 23.4. The number of likely N-dealkylation sites (N-methyl/N-ethyl adjacent to an activating group) is 1. The number of amides is 2. The molecule has 0 spiro atoms. The highest BCUT2D eigenvalue weighted by molar-refractivity contribution is 5.87. The van der Waals surface area contributed by atoms with E-state index >= 15 is 0 Å². The Morgan fingerprint density at radius 3 is 2.20 bits per heavy atom. The first-order valence-corrected chi connectivity index (χ1v) is 13.7. The van der Waals surface area contributed by atoms with Crippen LogP contribution in [-0.2, 0) is 22.7 Å². The standard InChI is InChI=1S/C32H39FN4O2.CH4/c1-23(2)8-7-17-34-31(38)21-36(22-32(39)35(4)37-19-27-9-5-6-10-28(27)20-37)30-18-26(12-11-24(30)3)25-13-15-29(33)16-14-25;/h5-6,9-16,18,23H,7-8,17,19-22H2,1-4H3,(H,34,38);1H4. The second kappa shape index (κ2) is 14.1. The van der Waals surface area contributed by atoms with Gasteiger partial charge < -0.3 is 10.2 Å². The molecule has 0 radical (unpaired) electrons. The topological polar surface area (TPSA) is 55.9 Å². The van der Waals surface area contributed by atoms with Crippen LogP contribution in [-0.4, -0.2) is 48.5 Å². The van der Waals surface area contributed by atoms with E-state index in [-0.39, 0.29) is 38.1 Å². The number of hydrogen-bond donors (Lipinski definition) is 1. The number of halogens is 1. The summed E-state index contributed by atoms with van der Waals surface area (Å²) in [4.78, 5) is 28.4. The lowest BCUT2D eigenvalue weighted by atomic mass is 10.0. The highest BCUT2D eigenvalue weighted by Gasteiger charge is 2.27. The van der Waals surface area contributed by atoms with Crippen molar-refractivity contribution in [3.05, 3.63) is 89.2 Å². The lowest BCUT2D eigenvalue weighted by molar-refractivity contribution is -0.145. The van der Waals surface area contributed by atoms with Crippen LogP contribution in [0.5, 0.6) is 0 Å². The predicted molar refractivity (Wildman–Crippen MR) is 161 cm³/mol. The quantitative estimate of drug-likeness (QED) is 0.292. The average Bonchev–Trinajstić information content (AvgIpc) is 3.35. The Balaban J connectivity index is 0.00000441. The van der Waals surface area contributed by atoms with Crippen LogP contribution in [0.1, 0.15) is 50.8 Å². The van der Waals surface area contributed by atoms with Crippen LogP contribution in [0.2, 0.25) is 0 Å². The number of carbonyl (C=O) groups is 2. The first-order chi connectivity index (χ1) is 18.7. The van der Waals surface area contributed by atoms with Gasteiger partial charge in [-0.2, -0.15) is 0 Å². The molecule has 0 saturated heterocycles. The Morgan fingerprint density at radius 2 is 1.57 bits per heavy atom. The Morgan fingerprint density at radius 1 is 0.950 bits per heavy atom. The lowest BCUT2D eigenvalue weighted by Crippen LogP contribution is -2.48. The van der Waals surface area contributed by atoms with E-state index in [1.54, 1.807) is 24.2 Å².